The summed E-state index contributed by atoms with van der Waals surface area (Å²) in [7, 11) is -3.47. The highest BCUT2D eigenvalue weighted by Gasteiger charge is 2.11. The Kier molecular flexibility index (Phi) is 5.90. The van der Waals surface area contributed by atoms with Crippen LogP contribution in [0.2, 0.25) is 0 Å². The molecular formula is C8H16O4S. The van der Waals surface area contributed by atoms with Crippen LogP contribution in [0.4, 0.5) is 0 Å². The second-order valence-corrected chi connectivity index (χ2v) is 4.65. The lowest BCUT2D eigenvalue weighted by Crippen LogP contribution is -2.13. The van der Waals surface area contributed by atoms with E-state index in [0.29, 0.717) is 0 Å². The van der Waals surface area contributed by atoms with Crippen molar-refractivity contribution in [1.82, 2.24) is 0 Å². The molecule has 0 atom stereocenters. The molecule has 0 radical (unpaired) electrons. The van der Waals surface area contributed by atoms with Crippen LogP contribution < -0.4 is 0 Å². The first-order chi connectivity index (χ1) is 5.98. The fourth-order valence-electron chi connectivity index (χ4n) is 0.658. The monoisotopic (exact) mass is 208 g/mol. The maximum Gasteiger partial charge on any atom is 0.267 e. The van der Waals surface area contributed by atoms with Gasteiger partial charge in [-0.3, -0.25) is 8.98 Å². The molecule has 0 heterocycles. The molecule has 0 aromatic carbocycles. The summed E-state index contributed by atoms with van der Waals surface area (Å²) in [5.74, 6) is -0.339. The summed E-state index contributed by atoms with van der Waals surface area (Å²) >= 11 is 0. The van der Waals surface area contributed by atoms with Gasteiger partial charge in [-0.1, -0.05) is 13.3 Å². The average molecular weight is 208 g/mol. The summed E-state index contributed by atoms with van der Waals surface area (Å²) in [4.78, 5) is 10.5. The molecular weight excluding hydrogens is 192 g/mol. The highest BCUT2D eigenvalue weighted by molar-refractivity contribution is 7.86. The van der Waals surface area contributed by atoms with Crippen molar-refractivity contribution < 1.29 is 17.4 Å². The van der Waals surface area contributed by atoms with E-state index >= 15 is 0 Å². The van der Waals surface area contributed by atoms with Gasteiger partial charge in [0.15, 0.2) is 0 Å². The number of Topliss-reactive ketones (excluding diaryl/α,β-unsaturated/α-hetero) is 1. The molecule has 78 valence electrons. The van der Waals surface area contributed by atoms with Crippen LogP contribution in [0.5, 0.6) is 0 Å². The first-order valence-corrected chi connectivity index (χ1v) is 5.92. The number of hydrogen-bond donors (Lipinski definition) is 0. The minimum Gasteiger partial charge on any atom is -0.300 e. The van der Waals surface area contributed by atoms with Crippen LogP contribution >= 0.6 is 0 Å². The highest BCUT2D eigenvalue weighted by atomic mass is 32.2. The van der Waals surface area contributed by atoms with Crippen molar-refractivity contribution in [2.45, 2.75) is 33.1 Å². The Hall–Kier alpha value is -0.420. The van der Waals surface area contributed by atoms with Gasteiger partial charge in [-0.25, -0.2) is 0 Å². The zero-order valence-corrected chi connectivity index (χ0v) is 8.89. The SMILES string of the molecule is CCCCOS(=O)(=O)CCC(C)=O. The lowest BCUT2D eigenvalue weighted by Gasteiger charge is -2.02. The summed E-state index contributed by atoms with van der Waals surface area (Å²) in [6.07, 6.45) is 1.65. The molecule has 0 aliphatic carbocycles. The van der Waals surface area contributed by atoms with E-state index in [-0.39, 0.29) is 24.6 Å². The van der Waals surface area contributed by atoms with Gasteiger partial charge in [0.25, 0.3) is 10.1 Å². The van der Waals surface area contributed by atoms with Crippen LogP contribution in [0.15, 0.2) is 0 Å². The summed E-state index contributed by atoms with van der Waals surface area (Å²) in [5, 5.41) is 0. The molecule has 4 nitrogen and oxygen atoms in total. The Morgan fingerprint density at radius 3 is 2.46 bits per heavy atom. The number of rotatable bonds is 7. The number of carbonyl (C=O) groups excluding carboxylic acids is 1. The van der Waals surface area contributed by atoms with Gasteiger partial charge in [-0.15, -0.1) is 0 Å². The second-order valence-electron chi connectivity index (χ2n) is 2.89. The van der Waals surface area contributed by atoms with Crippen molar-refractivity contribution >= 4 is 15.9 Å². The quantitative estimate of drug-likeness (QED) is 0.464. The topological polar surface area (TPSA) is 60.4 Å². The third-order valence-corrected chi connectivity index (χ3v) is 2.69. The Morgan fingerprint density at radius 1 is 1.38 bits per heavy atom. The Bertz CT molecular complexity index is 243. The predicted molar refractivity (Wildman–Crippen MR) is 49.9 cm³/mol. The van der Waals surface area contributed by atoms with Crippen molar-refractivity contribution in [1.29, 1.82) is 0 Å². The van der Waals surface area contributed by atoms with Crippen molar-refractivity contribution in [3.8, 4) is 0 Å². The van der Waals surface area contributed by atoms with E-state index in [0.717, 1.165) is 12.8 Å². The molecule has 0 aromatic rings. The minimum atomic E-state index is -3.47. The molecule has 0 N–H and O–H groups in total. The largest absolute Gasteiger partial charge is 0.300 e. The van der Waals surface area contributed by atoms with E-state index in [1.54, 1.807) is 0 Å². The molecule has 0 aliphatic rings. The van der Waals surface area contributed by atoms with Gasteiger partial charge in [-0.2, -0.15) is 8.42 Å². The van der Waals surface area contributed by atoms with Crippen LogP contribution in [0.25, 0.3) is 0 Å². The molecule has 0 unspecified atom stereocenters. The molecule has 0 amide bonds. The maximum absolute atomic E-state index is 11.0. The van der Waals surface area contributed by atoms with Gasteiger partial charge in [0.2, 0.25) is 0 Å². The van der Waals surface area contributed by atoms with Crippen molar-refractivity contribution in [3.63, 3.8) is 0 Å². The smallest absolute Gasteiger partial charge is 0.267 e. The molecule has 13 heavy (non-hydrogen) atoms. The zero-order valence-electron chi connectivity index (χ0n) is 8.08. The number of unbranched alkanes of at least 4 members (excludes halogenated alkanes) is 1. The van der Waals surface area contributed by atoms with Crippen molar-refractivity contribution in [2.24, 2.45) is 0 Å². The van der Waals surface area contributed by atoms with Crippen LogP contribution in [-0.4, -0.2) is 26.6 Å². The Balaban J connectivity index is 3.74. The average Bonchev–Trinajstić information content (AvgIpc) is 2.02. The molecule has 0 fully saturated rings. The molecule has 0 saturated heterocycles. The summed E-state index contributed by atoms with van der Waals surface area (Å²) in [6.45, 7) is 3.53. The van der Waals surface area contributed by atoms with Gasteiger partial charge < -0.3 is 0 Å². The molecule has 0 bridgehead atoms. The van der Waals surface area contributed by atoms with Crippen LogP contribution in [0.3, 0.4) is 0 Å². The van der Waals surface area contributed by atoms with E-state index in [4.69, 9.17) is 0 Å². The molecule has 0 spiro atoms. The van der Waals surface area contributed by atoms with E-state index in [1.165, 1.54) is 6.92 Å². The molecule has 0 aromatic heterocycles. The normalized spacial score (nSPS) is 11.5. The second kappa shape index (κ2) is 6.10. The van der Waals surface area contributed by atoms with E-state index in [2.05, 4.69) is 4.18 Å². The summed E-state index contributed by atoms with van der Waals surface area (Å²) in [5.41, 5.74) is 0. The minimum absolute atomic E-state index is 0.0362. The zero-order chi connectivity index (χ0) is 10.3. The first-order valence-electron chi connectivity index (χ1n) is 4.34. The highest BCUT2D eigenvalue weighted by Crippen LogP contribution is 1.99. The Labute approximate surface area is 79.4 Å². The third kappa shape index (κ3) is 7.93. The van der Waals surface area contributed by atoms with Gasteiger partial charge in [0.05, 0.1) is 12.4 Å². The summed E-state index contributed by atoms with van der Waals surface area (Å²) < 4.78 is 26.7. The molecule has 5 heteroatoms. The number of hydrogen-bond acceptors (Lipinski definition) is 4. The lowest BCUT2D eigenvalue weighted by molar-refractivity contribution is -0.116. The number of carbonyl (C=O) groups is 1. The first kappa shape index (κ1) is 12.6. The van der Waals surface area contributed by atoms with Gasteiger partial charge in [0, 0.05) is 6.42 Å². The van der Waals surface area contributed by atoms with Gasteiger partial charge in [-0.05, 0) is 13.3 Å². The standard InChI is InChI=1S/C8H16O4S/c1-3-4-6-12-13(10,11)7-5-8(2)9/h3-7H2,1-2H3. The van der Waals surface area contributed by atoms with Crippen LogP contribution in [0.1, 0.15) is 33.1 Å². The molecule has 0 aliphatic heterocycles. The van der Waals surface area contributed by atoms with E-state index in [9.17, 15) is 13.2 Å². The molecule has 0 saturated carbocycles. The Morgan fingerprint density at radius 2 is 2.00 bits per heavy atom. The third-order valence-electron chi connectivity index (χ3n) is 1.46. The van der Waals surface area contributed by atoms with Crippen molar-refractivity contribution in [3.05, 3.63) is 0 Å². The summed E-state index contributed by atoms with van der Waals surface area (Å²) in [6, 6.07) is 0. The van der Waals surface area contributed by atoms with Gasteiger partial charge in [0.1, 0.15) is 5.78 Å². The molecule has 0 rings (SSSR count). The maximum atomic E-state index is 11.0. The van der Waals surface area contributed by atoms with Gasteiger partial charge >= 0.3 is 0 Å². The fraction of sp³-hybridized carbons (Fsp3) is 0.875. The van der Waals surface area contributed by atoms with E-state index < -0.39 is 10.1 Å². The lowest BCUT2D eigenvalue weighted by atomic mass is 10.4. The fourth-order valence-corrected chi connectivity index (χ4v) is 1.68. The van der Waals surface area contributed by atoms with E-state index in [1.807, 2.05) is 6.92 Å². The number of ketones is 1. The van der Waals surface area contributed by atoms with Crippen molar-refractivity contribution in [2.75, 3.05) is 12.4 Å². The predicted octanol–water partition coefficient (Wildman–Crippen LogP) is 1.11. The van der Waals surface area contributed by atoms with Crippen LogP contribution in [-0.2, 0) is 19.1 Å². The van der Waals surface area contributed by atoms with Crippen LogP contribution in [0, 0.1) is 0 Å².